The summed E-state index contributed by atoms with van der Waals surface area (Å²) in [6, 6.07) is 9.95. The van der Waals surface area contributed by atoms with Crippen LogP contribution in [-0.2, 0) is 6.42 Å². The molecule has 1 aromatic carbocycles. The zero-order chi connectivity index (χ0) is 17.2. The lowest BCUT2D eigenvalue weighted by Crippen LogP contribution is -1.97. The molecule has 0 saturated heterocycles. The summed E-state index contributed by atoms with van der Waals surface area (Å²) in [5.41, 5.74) is 3.64. The van der Waals surface area contributed by atoms with Gasteiger partial charge in [0.25, 0.3) is 0 Å². The fraction of sp³-hybridized carbons (Fsp3) is 0.167. The second-order valence-electron chi connectivity index (χ2n) is 5.75. The maximum absolute atomic E-state index is 4.53. The number of imidazole rings is 1. The SMILES string of the molecule is Cc1ncc(C)n2nc(CC=Nc3cnc(-c4ccccc4)[nH]3)nc12. The number of nitrogens with zero attached hydrogens (tertiary/aromatic N) is 6. The molecule has 0 radical (unpaired) electrons. The van der Waals surface area contributed by atoms with E-state index in [1.165, 1.54) is 0 Å². The van der Waals surface area contributed by atoms with Crippen molar-refractivity contribution in [2.75, 3.05) is 0 Å². The molecule has 0 saturated carbocycles. The van der Waals surface area contributed by atoms with Crippen molar-refractivity contribution < 1.29 is 0 Å². The first kappa shape index (κ1) is 15.2. The van der Waals surface area contributed by atoms with Crippen molar-refractivity contribution in [2.24, 2.45) is 4.99 Å². The number of hydrogen-bond acceptors (Lipinski definition) is 5. The summed E-state index contributed by atoms with van der Waals surface area (Å²) in [5, 5.41) is 4.51. The van der Waals surface area contributed by atoms with Crippen molar-refractivity contribution in [3.05, 3.63) is 59.9 Å². The van der Waals surface area contributed by atoms with E-state index in [0.717, 1.165) is 28.4 Å². The van der Waals surface area contributed by atoms with Gasteiger partial charge in [0, 0.05) is 24.4 Å². The predicted molar refractivity (Wildman–Crippen MR) is 96.1 cm³/mol. The molecule has 1 N–H and O–H groups in total. The fourth-order valence-corrected chi connectivity index (χ4v) is 2.57. The van der Waals surface area contributed by atoms with Crippen LogP contribution in [0.4, 0.5) is 5.82 Å². The van der Waals surface area contributed by atoms with Crippen molar-refractivity contribution in [3.8, 4) is 11.4 Å². The minimum Gasteiger partial charge on any atom is -0.323 e. The first-order chi connectivity index (χ1) is 12.2. The molecule has 0 aliphatic carbocycles. The van der Waals surface area contributed by atoms with Crippen molar-refractivity contribution >= 4 is 17.7 Å². The third kappa shape index (κ3) is 3.03. The van der Waals surface area contributed by atoms with Gasteiger partial charge in [0.15, 0.2) is 11.5 Å². The first-order valence-corrected chi connectivity index (χ1v) is 8.01. The van der Waals surface area contributed by atoms with E-state index in [-0.39, 0.29) is 0 Å². The number of aromatic nitrogens is 6. The van der Waals surface area contributed by atoms with Crippen LogP contribution in [0.2, 0.25) is 0 Å². The van der Waals surface area contributed by atoms with Crippen molar-refractivity contribution in [3.63, 3.8) is 0 Å². The number of hydrogen-bond donors (Lipinski definition) is 1. The number of aromatic amines is 1. The molecule has 0 unspecified atom stereocenters. The van der Waals surface area contributed by atoms with Crippen molar-refractivity contribution in [1.82, 2.24) is 29.5 Å². The Hall–Kier alpha value is -3.35. The van der Waals surface area contributed by atoms with Gasteiger partial charge >= 0.3 is 0 Å². The van der Waals surface area contributed by atoms with Gasteiger partial charge < -0.3 is 4.98 Å². The van der Waals surface area contributed by atoms with Crippen LogP contribution < -0.4 is 0 Å². The third-order valence-corrected chi connectivity index (χ3v) is 3.87. The summed E-state index contributed by atoms with van der Waals surface area (Å²) >= 11 is 0. The maximum atomic E-state index is 4.53. The number of benzene rings is 1. The molecule has 25 heavy (non-hydrogen) atoms. The van der Waals surface area contributed by atoms with Crippen LogP contribution in [0.15, 0.2) is 47.7 Å². The van der Waals surface area contributed by atoms with E-state index >= 15 is 0 Å². The Balaban J connectivity index is 1.51. The summed E-state index contributed by atoms with van der Waals surface area (Å²) in [6.07, 6.45) is 5.84. The van der Waals surface area contributed by atoms with E-state index in [9.17, 15) is 0 Å². The molecule has 0 bridgehead atoms. The lowest BCUT2D eigenvalue weighted by Gasteiger charge is -1.97. The highest BCUT2D eigenvalue weighted by atomic mass is 15.3. The highest BCUT2D eigenvalue weighted by Crippen LogP contribution is 2.18. The molecule has 3 aromatic heterocycles. The van der Waals surface area contributed by atoms with Crippen LogP contribution in [-0.4, -0.2) is 35.8 Å². The smallest absolute Gasteiger partial charge is 0.177 e. The standard InChI is InChI=1S/C18H17N7/c1-12-10-20-13(2)18-23-15(24-25(12)18)8-9-19-16-11-21-17(22-16)14-6-4-3-5-7-14/h3-7,9-11H,8H2,1-2H3,(H,21,22). The molecule has 7 heteroatoms. The molecule has 4 aromatic rings. The number of rotatable bonds is 4. The van der Waals surface area contributed by atoms with Gasteiger partial charge in [-0.15, -0.1) is 0 Å². The Kier molecular flexibility index (Phi) is 3.81. The van der Waals surface area contributed by atoms with Gasteiger partial charge in [0.1, 0.15) is 11.6 Å². The molecular formula is C18H17N7. The molecule has 0 fully saturated rings. The Morgan fingerprint density at radius 1 is 1.12 bits per heavy atom. The summed E-state index contributed by atoms with van der Waals surface area (Å²) in [4.78, 5) is 20.8. The normalized spacial score (nSPS) is 11.6. The number of aliphatic imine (C=N–C) groups is 1. The molecule has 4 rings (SSSR count). The zero-order valence-electron chi connectivity index (χ0n) is 14.0. The van der Waals surface area contributed by atoms with Gasteiger partial charge in [-0.2, -0.15) is 5.10 Å². The summed E-state index contributed by atoms with van der Waals surface area (Å²) < 4.78 is 1.81. The quantitative estimate of drug-likeness (QED) is 0.582. The topological polar surface area (TPSA) is 84.1 Å². The summed E-state index contributed by atoms with van der Waals surface area (Å²) in [6.45, 7) is 3.89. The van der Waals surface area contributed by atoms with Crippen LogP contribution >= 0.6 is 0 Å². The molecule has 3 heterocycles. The molecule has 0 amide bonds. The lowest BCUT2D eigenvalue weighted by atomic mass is 10.2. The van der Waals surface area contributed by atoms with Gasteiger partial charge in [-0.05, 0) is 13.8 Å². The average Bonchev–Trinajstić information content (AvgIpc) is 3.27. The predicted octanol–water partition coefficient (Wildman–Crippen LogP) is 3.08. The Morgan fingerprint density at radius 2 is 1.96 bits per heavy atom. The summed E-state index contributed by atoms with van der Waals surface area (Å²) in [7, 11) is 0. The lowest BCUT2D eigenvalue weighted by molar-refractivity contribution is 0.865. The van der Waals surface area contributed by atoms with Gasteiger partial charge in [-0.25, -0.2) is 19.5 Å². The third-order valence-electron chi connectivity index (χ3n) is 3.87. The highest BCUT2D eigenvalue weighted by molar-refractivity contribution is 5.65. The zero-order valence-corrected chi connectivity index (χ0v) is 14.0. The fourth-order valence-electron chi connectivity index (χ4n) is 2.57. The van der Waals surface area contributed by atoms with E-state index in [1.807, 2.05) is 48.7 Å². The van der Waals surface area contributed by atoms with Crippen LogP contribution in [0.25, 0.3) is 17.0 Å². The first-order valence-electron chi connectivity index (χ1n) is 8.01. The minimum atomic E-state index is 0.542. The van der Waals surface area contributed by atoms with Crippen LogP contribution in [0, 0.1) is 13.8 Å². The van der Waals surface area contributed by atoms with Gasteiger partial charge in [-0.1, -0.05) is 30.3 Å². The van der Waals surface area contributed by atoms with E-state index in [4.69, 9.17) is 0 Å². The second kappa shape index (κ2) is 6.27. The summed E-state index contributed by atoms with van der Waals surface area (Å²) in [5.74, 6) is 2.22. The average molecular weight is 331 g/mol. The Bertz CT molecular complexity index is 1000. The number of nitrogens with one attached hydrogen (secondary N) is 1. The van der Waals surface area contributed by atoms with Gasteiger partial charge in [-0.3, -0.25) is 4.98 Å². The largest absolute Gasteiger partial charge is 0.323 e. The van der Waals surface area contributed by atoms with Crippen LogP contribution in [0.5, 0.6) is 0 Å². The van der Waals surface area contributed by atoms with Crippen molar-refractivity contribution in [1.29, 1.82) is 0 Å². The monoisotopic (exact) mass is 331 g/mol. The van der Waals surface area contributed by atoms with Crippen LogP contribution in [0.3, 0.4) is 0 Å². The molecule has 0 aliphatic rings. The number of H-pyrrole nitrogens is 1. The molecule has 0 aliphatic heterocycles. The van der Waals surface area contributed by atoms with Crippen LogP contribution in [0.1, 0.15) is 17.2 Å². The van der Waals surface area contributed by atoms with E-state index in [1.54, 1.807) is 18.6 Å². The molecule has 0 atom stereocenters. The van der Waals surface area contributed by atoms with E-state index < -0.39 is 0 Å². The van der Waals surface area contributed by atoms with E-state index in [2.05, 4.69) is 30.0 Å². The molecule has 0 spiro atoms. The Labute approximate surface area is 144 Å². The Morgan fingerprint density at radius 3 is 2.76 bits per heavy atom. The number of aryl methyl sites for hydroxylation is 2. The second-order valence-corrected chi connectivity index (χ2v) is 5.75. The van der Waals surface area contributed by atoms with Crippen molar-refractivity contribution in [2.45, 2.75) is 20.3 Å². The minimum absolute atomic E-state index is 0.542. The molecule has 124 valence electrons. The number of fused-ring (bicyclic) bond motifs is 1. The van der Waals surface area contributed by atoms with E-state index in [0.29, 0.717) is 18.1 Å². The van der Waals surface area contributed by atoms with Gasteiger partial charge in [0.2, 0.25) is 0 Å². The maximum Gasteiger partial charge on any atom is 0.177 e. The highest BCUT2D eigenvalue weighted by Gasteiger charge is 2.08. The van der Waals surface area contributed by atoms with Gasteiger partial charge in [0.05, 0.1) is 17.6 Å². The molecular weight excluding hydrogens is 314 g/mol. The molecule has 7 nitrogen and oxygen atoms in total.